The summed E-state index contributed by atoms with van der Waals surface area (Å²) in [6.07, 6.45) is 0. The Hall–Kier alpha value is -1.79. The lowest BCUT2D eigenvalue weighted by Gasteiger charge is -2.21. The molecular weight excluding hydrogens is 279 g/mol. The summed E-state index contributed by atoms with van der Waals surface area (Å²) < 4.78 is 18.1. The summed E-state index contributed by atoms with van der Waals surface area (Å²) in [5.41, 5.74) is 0.109. The van der Waals surface area contributed by atoms with Gasteiger partial charge in [-0.1, -0.05) is 12.1 Å². The Morgan fingerprint density at radius 1 is 1.40 bits per heavy atom. The Morgan fingerprint density at radius 3 is 2.90 bits per heavy atom. The lowest BCUT2D eigenvalue weighted by atomic mass is 10.3. The van der Waals surface area contributed by atoms with Gasteiger partial charge < -0.3 is 9.64 Å². The molecule has 0 aromatic carbocycles. The van der Waals surface area contributed by atoms with Crippen molar-refractivity contribution in [2.45, 2.75) is 6.54 Å². The average molecular weight is 294 g/mol. The Balaban J connectivity index is 2.14. The number of halogens is 1. The van der Waals surface area contributed by atoms with Crippen LogP contribution >= 0.6 is 11.3 Å². The Bertz CT molecular complexity index is 560. The highest BCUT2D eigenvalue weighted by molar-refractivity contribution is 7.09. The lowest BCUT2D eigenvalue weighted by Crippen LogP contribution is -2.33. The molecule has 1 amide bonds. The number of pyridine rings is 1. The molecule has 0 saturated carbocycles. The van der Waals surface area contributed by atoms with Crippen molar-refractivity contribution in [3.8, 4) is 0 Å². The number of amides is 1. The molecule has 0 fully saturated rings. The highest BCUT2D eigenvalue weighted by atomic mass is 32.1. The molecule has 0 N–H and O–H groups in total. The van der Waals surface area contributed by atoms with Gasteiger partial charge >= 0.3 is 0 Å². The standard InChI is InChI=1S/C14H15FN2O2S/c1-19-8-7-17(10-11-4-3-9-20-11)14(18)12-5-2-6-13(15)16-12/h2-6,9H,7-8,10H2,1H3. The van der Waals surface area contributed by atoms with Crippen LogP contribution in [0.5, 0.6) is 0 Å². The minimum absolute atomic E-state index is 0.109. The lowest BCUT2D eigenvalue weighted by molar-refractivity contribution is 0.0675. The van der Waals surface area contributed by atoms with Gasteiger partial charge in [0.2, 0.25) is 5.95 Å². The largest absolute Gasteiger partial charge is 0.383 e. The minimum atomic E-state index is -0.654. The van der Waals surface area contributed by atoms with Gasteiger partial charge in [-0.25, -0.2) is 4.98 Å². The van der Waals surface area contributed by atoms with E-state index >= 15 is 0 Å². The molecule has 0 aliphatic rings. The molecule has 2 aromatic heterocycles. The molecule has 4 nitrogen and oxygen atoms in total. The summed E-state index contributed by atoms with van der Waals surface area (Å²) in [6, 6.07) is 8.10. The SMILES string of the molecule is COCCN(Cc1cccs1)C(=O)c1cccc(F)n1. The smallest absolute Gasteiger partial charge is 0.272 e. The van der Waals surface area contributed by atoms with Crippen molar-refractivity contribution in [3.05, 3.63) is 52.2 Å². The van der Waals surface area contributed by atoms with Gasteiger partial charge in [-0.15, -0.1) is 11.3 Å². The number of methoxy groups -OCH3 is 1. The van der Waals surface area contributed by atoms with E-state index in [1.54, 1.807) is 23.3 Å². The second-order valence-corrected chi connectivity index (χ2v) is 5.18. The maximum atomic E-state index is 13.1. The van der Waals surface area contributed by atoms with E-state index in [4.69, 9.17) is 4.74 Å². The molecule has 0 aliphatic carbocycles. The maximum Gasteiger partial charge on any atom is 0.272 e. The van der Waals surface area contributed by atoms with Crippen LogP contribution in [0, 0.1) is 5.95 Å². The zero-order valence-electron chi connectivity index (χ0n) is 11.1. The first kappa shape index (κ1) is 14.6. The van der Waals surface area contributed by atoms with E-state index in [0.717, 1.165) is 4.88 Å². The molecular formula is C14H15FN2O2S. The van der Waals surface area contributed by atoms with E-state index in [0.29, 0.717) is 19.7 Å². The van der Waals surface area contributed by atoms with Crippen LogP contribution in [0.15, 0.2) is 35.7 Å². The fraction of sp³-hybridized carbons (Fsp3) is 0.286. The van der Waals surface area contributed by atoms with E-state index < -0.39 is 5.95 Å². The summed E-state index contributed by atoms with van der Waals surface area (Å²) in [5.74, 6) is -0.950. The third-order valence-corrected chi connectivity index (χ3v) is 3.57. The van der Waals surface area contributed by atoms with Crippen LogP contribution in [0.4, 0.5) is 4.39 Å². The van der Waals surface area contributed by atoms with Crippen LogP contribution in [0.2, 0.25) is 0 Å². The molecule has 0 saturated heterocycles. The number of ether oxygens (including phenoxy) is 1. The maximum absolute atomic E-state index is 13.1. The van der Waals surface area contributed by atoms with E-state index in [-0.39, 0.29) is 11.6 Å². The van der Waals surface area contributed by atoms with Crippen molar-refractivity contribution in [2.24, 2.45) is 0 Å². The summed E-state index contributed by atoms with van der Waals surface area (Å²) >= 11 is 1.57. The summed E-state index contributed by atoms with van der Waals surface area (Å²) in [6.45, 7) is 1.33. The fourth-order valence-corrected chi connectivity index (χ4v) is 2.45. The molecule has 6 heteroatoms. The number of carbonyl (C=O) groups is 1. The van der Waals surface area contributed by atoms with Crippen molar-refractivity contribution >= 4 is 17.2 Å². The predicted molar refractivity (Wildman–Crippen MR) is 75.1 cm³/mol. The topological polar surface area (TPSA) is 42.4 Å². The number of hydrogen-bond acceptors (Lipinski definition) is 4. The number of hydrogen-bond donors (Lipinski definition) is 0. The van der Waals surface area contributed by atoms with Crippen LogP contribution < -0.4 is 0 Å². The van der Waals surface area contributed by atoms with E-state index in [9.17, 15) is 9.18 Å². The Kier molecular flexibility index (Phi) is 5.20. The second-order valence-electron chi connectivity index (χ2n) is 4.14. The highest BCUT2D eigenvalue weighted by Gasteiger charge is 2.18. The summed E-state index contributed by atoms with van der Waals surface area (Å²) in [4.78, 5) is 18.7. The molecule has 0 radical (unpaired) electrons. The van der Waals surface area contributed by atoms with Crippen molar-refractivity contribution in [1.29, 1.82) is 0 Å². The zero-order valence-corrected chi connectivity index (χ0v) is 11.9. The van der Waals surface area contributed by atoms with Crippen LogP contribution in [-0.2, 0) is 11.3 Å². The van der Waals surface area contributed by atoms with Gasteiger partial charge in [-0.05, 0) is 23.6 Å². The van der Waals surface area contributed by atoms with Crippen LogP contribution in [0.3, 0.4) is 0 Å². The van der Waals surface area contributed by atoms with E-state index in [1.165, 1.54) is 18.2 Å². The van der Waals surface area contributed by atoms with Crippen LogP contribution in [0.1, 0.15) is 15.4 Å². The van der Waals surface area contributed by atoms with Crippen molar-refractivity contribution in [1.82, 2.24) is 9.88 Å². The van der Waals surface area contributed by atoms with Gasteiger partial charge in [0.05, 0.1) is 13.2 Å². The van der Waals surface area contributed by atoms with Crippen molar-refractivity contribution < 1.29 is 13.9 Å². The van der Waals surface area contributed by atoms with Crippen LogP contribution in [-0.4, -0.2) is 36.1 Å². The first-order valence-corrected chi connectivity index (χ1v) is 7.02. The number of rotatable bonds is 6. The number of nitrogens with zero attached hydrogens (tertiary/aromatic N) is 2. The molecule has 2 rings (SSSR count). The first-order chi connectivity index (χ1) is 9.70. The van der Waals surface area contributed by atoms with Gasteiger partial charge in [-0.3, -0.25) is 4.79 Å². The third-order valence-electron chi connectivity index (χ3n) is 2.71. The Morgan fingerprint density at radius 2 is 2.25 bits per heavy atom. The normalized spacial score (nSPS) is 10.5. The van der Waals surface area contributed by atoms with Gasteiger partial charge in [0.15, 0.2) is 0 Å². The molecule has 0 unspecified atom stereocenters. The van der Waals surface area contributed by atoms with Crippen LogP contribution in [0.25, 0.3) is 0 Å². The summed E-state index contributed by atoms with van der Waals surface area (Å²) in [5, 5.41) is 1.95. The van der Waals surface area contributed by atoms with Gasteiger partial charge in [0.25, 0.3) is 5.91 Å². The van der Waals surface area contributed by atoms with E-state index in [1.807, 2.05) is 17.5 Å². The molecule has 20 heavy (non-hydrogen) atoms. The summed E-state index contributed by atoms with van der Waals surface area (Å²) in [7, 11) is 1.58. The van der Waals surface area contributed by atoms with Gasteiger partial charge in [0.1, 0.15) is 5.69 Å². The molecule has 0 aliphatic heterocycles. The number of carbonyl (C=O) groups excluding carboxylic acids is 1. The predicted octanol–water partition coefficient (Wildman–Crippen LogP) is 2.57. The average Bonchev–Trinajstić information content (AvgIpc) is 2.95. The quantitative estimate of drug-likeness (QED) is 0.769. The zero-order chi connectivity index (χ0) is 14.4. The monoisotopic (exact) mass is 294 g/mol. The highest BCUT2D eigenvalue weighted by Crippen LogP contribution is 2.14. The number of thiophene rings is 1. The van der Waals surface area contributed by atoms with Gasteiger partial charge in [0, 0.05) is 18.5 Å². The molecule has 0 bridgehead atoms. The molecule has 2 aromatic rings. The molecule has 106 valence electrons. The van der Waals surface area contributed by atoms with Crippen molar-refractivity contribution in [2.75, 3.05) is 20.3 Å². The first-order valence-electron chi connectivity index (χ1n) is 6.14. The second kappa shape index (κ2) is 7.12. The van der Waals surface area contributed by atoms with E-state index in [2.05, 4.69) is 4.98 Å². The molecule has 0 atom stereocenters. The van der Waals surface area contributed by atoms with Gasteiger partial charge in [-0.2, -0.15) is 4.39 Å². The molecule has 0 spiro atoms. The Labute approximate surface area is 120 Å². The fourth-order valence-electron chi connectivity index (χ4n) is 1.73. The third kappa shape index (κ3) is 3.85. The molecule has 2 heterocycles. The number of aromatic nitrogens is 1. The minimum Gasteiger partial charge on any atom is -0.383 e. The van der Waals surface area contributed by atoms with Crippen molar-refractivity contribution in [3.63, 3.8) is 0 Å².